The average Bonchev–Trinajstić information content (AvgIpc) is 3.01. The van der Waals surface area contributed by atoms with E-state index in [1.165, 1.54) is 19.3 Å². The second kappa shape index (κ2) is 8.52. The van der Waals surface area contributed by atoms with Crippen LogP contribution in [0.3, 0.4) is 0 Å². The number of carbonyl (C=O) groups excluding carboxylic acids is 2. The Labute approximate surface area is 151 Å². The second-order valence-corrected chi connectivity index (χ2v) is 7.50. The standard InChI is InChI=1S/C18H30N2O3.ClH/c1-2-23-16(21)13-6-8-15(9-7-13)20-17(22)18-10-4-3-5-14(18)11-19-12-18;/h13-15,19H,2-12H2,1H3,(H,20,22);1H/t13?,14-,15?,18+;/m0./s1. The number of hydrogen-bond donors (Lipinski definition) is 2. The van der Waals surface area contributed by atoms with Crippen LogP contribution in [0.2, 0.25) is 0 Å². The topological polar surface area (TPSA) is 67.4 Å². The summed E-state index contributed by atoms with van der Waals surface area (Å²) in [6.45, 7) is 4.12. The Morgan fingerprint density at radius 3 is 2.62 bits per heavy atom. The van der Waals surface area contributed by atoms with Crippen molar-refractivity contribution in [3.8, 4) is 0 Å². The van der Waals surface area contributed by atoms with Crippen molar-refractivity contribution in [3.63, 3.8) is 0 Å². The van der Waals surface area contributed by atoms with Crippen molar-refractivity contribution < 1.29 is 14.3 Å². The predicted octanol–water partition coefficient (Wildman–Crippen LogP) is 2.43. The number of fused-ring (bicyclic) bond motifs is 1. The molecule has 1 aliphatic heterocycles. The number of nitrogens with one attached hydrogen (secondary N) is 2. The van der Waals surface area contributed by atoms with E-state index >= 15 is 0 Å². The summed E-state index contributed by atoms with van der Waals surface area (Å²) in [5, 5.41) is 6.75. The van der Waals surface area contributed by atoms with Gasteiger partial charge >= 0.3 is 5.97 Å². The molecule has 0 aromatic heterocycles. The van der Waals surface area contributed by atoms with Crippen molar-refractivity contribution in [2.75, 3.05) is 19.7 Å². The number of amides is 1. The van der Waals surface area contributed by atoms with E-state index in [0.717, 1.165) is 45.2 Å². The maximum Gasteiger partial charge on any atom is 0.308 e. The molecule has 138 valence electrons. The lowest BCUT2D eigenvalue weighted by molar-refractivity contribution is -0.149. The summed E-state index contributed by atoms with van der Waals surface area (Å²) in [5.74, 6) is 0.721. The van der Waals surface area contributed by atoms with E-state index in [1.807, 2.05) is 6.92 Å². The molecule has 3 rings (SSSR count). The van der Waals surface area contributed by atoms with E-state index in [1.54, 1.807) is 0 Å². The molecule has 0 spiro atoms. The van der Waals surface area contributed by atoms with Gasteiger partial charge in [0.2, 0.25) is 5.91 Å². The molecule has 1 heterocycles. The first-order valence-corrected chi connectivity index (χ1v) is 9.34. The Morgan fingerprint density at radius 2 is 1.92 bits per heavy atom. The summed E-state index contributed by atoms with van der Waals surface area (Å²) in [6.07, 6.45) is 8.07. The van der Waals surface area contributed by atoms with Crippen molar-refractivity contribution in [2.24, 2.45) is 17.3 Å². The third kappa shape index (κ3) is 3.88. The van der Waals surface area contributed by atoms with Crippen LogP contribution in [-0.4, -0.2) is 37.6 Å². The molecule has 0 radical (unpaired) electrons. The molecule has 2 aliphatic carbocycles. The molecule has 3 aliphatic rings. The van der Waals surface area contributed by atoms with Crippen molar-refractivity contribution >= 4 is 24.3 Å². The highest BCUT2D eigenvalue weighted by Crippen LogP contribution is 2.44. The highest BCUT2D eigenvalue weighted by molar-refractivity contribution is 5.85. The maximum absolute atomic E-state index is 12.9. The molecule has 1 saturated heterocycles. The van der Waals surface area contributed by atoms with Gasteiger partial charge in [0.1, 0.15) is 0 Å². The molecule has 2 atom stereocenters. The summed E-state index contributed by atoms with van der Waals surface area (Å²) < 4.78 is 5.11. The molecule has 0 unspecified atom stereocenters. The van der Waals surface area contributed by atoms with Crippen LogP contribution in [0.15, 0.2) is 0 Å². The Bertz CT molecular complexity index is 452. The van der Waals surface area contributed by atoms with Crippen LogP contribution in [0.25, 0.3) is 0 Å². The van der Waals surface area contributed by atoms with Gasteiger partial charge in [-0.3, -0.25) is 9.59 Å². The molecule has 24 heavy (non-hydrogen) atoms. The maximum atomic E-state index is 12.9. The normalized spacial score (nSPS) is 35.5. The molecule has 0 aromatic rings. The van der Waals surface area contributed by atoms with E-state index in [4.69, 9.17) is 4.74 Å². The van der Waals surface area contributed by atoms with Crippen LogP contribution < -0.4 is 10.6 Å². The zero-order valence-electron chi connectivity index (χ0n) is 14.6. The Kier molecular flexibility index (Phi) is 6.93. The van der Waals surface area contributed by atoms with Gasteiger partial charge in [-0.25, -0.2) is 0 Å². The van der Waals surface area contributed by atoms with E-state index in [2.05, 4.69) is 10.6 Å². The summed E-state index contributed by atoms with van der Waals surface area (Å²) in [5.41, 5.74) is -0.170. The molecular weight excluding hydrogens is 328 g/mol. The largest absolute Gasteiger partial charge is 0.466 e. The van der Waals surface area contributed by atoms with Gasteiger partial charge in [0.15, 0.2) is 0 Å². The summed E-state index contributed by atoms with van der Waals surface area (Å²) in [6, 6.07) is 0.228. The minimum atomic E-state index is -0.170. The monoisotopic (exact) mass is 358 g/mol. The van der Waals surface area contributed by atoms with Gasteiger partial charge in [0, 0.05) is 12.6 Å². The average molecular weight is 359 g/mol. The van der Waals surface area contributed by atoms with E-state index < -0.39 is 0 Å². The lowest BCUT2D eigenvalue weighted by Crippen LogP contribution is -2.51. The number of ether oxygens (including phenoxy) is 1. The Morgan fingerprint density at radius 1 is 1.17 bits per heavy atom. The molecule has 6 heteroatoms. The van der Waals surface area contributed by atoms with Crippen LogP contribution in [0.4, 0.5) is 0 Å². The van der Waals surface area contributed by atoms with Crippen LogP contribution in [0.1, 0.15) is 58.3 Å². The highest BCUT2D eigenvalue weighted by Gasteiger charge is 2.50. The molecule has 5 nitrogen and oxygen atoms in total. The van der Waals surface area contributed by atoms with Gasteiger partial charge in [0.25, 0.3) is 0 Å². The SMILES string of the molecule is CCOC(=O)C1CCC(NC(=O)[C@@]23CCCC[C@H]2CNC3)CC1.Cl. The minimum absolute atomic E-state index is 0. The summed E-state index contributed by atoms with van der Waals surface area (Å²) in [7, 11) is 0. The van der Waals surface area contributed by atoms with E-state index in [0.29, 0.717) is 12.5 Å². The number of carbonyl (C=O) groups is 2. The van der Waals surface area contributed by atoms with Crippen molar-refractivity contribution in [1.82, 2.24) is 10.6 Å². The molecule has 0 aromatic carbocycles. The molecule has 2 N–H and O–H groups in total. The van der Waals surface area contributed by atoms with Gasteiger partial charge in [-0.05, 0) is 57.9 Å². The van der Waals surface area contributed by atoms with Crippen molar-refractivity contribution in [1.29, 1.82) is 0 Å². The number of hydrogen-bond acceptors (Lipinski definition) is 4. The molecule has 0 bridgehead atoms. The zero-order chi connectivity index (χ0) is 16.3. The first-order chi connectivity index (χ1) is 11.2. The third-order valence-electron chi connectivity index (χ3n) is 6.17. The van der Waals surface area contributed by atoms with Gasteiger partial charge in [-0.1, -0.05) is 12.8 Å². The fourth-order valence-electron chi connectivity index (χ4n) is 4.75. The van der Waals surface area contributed by atoms with Crippen LogP contribution in [0, 0.1) is 17.3 Å². The van der Waals surface area contributed by atoms with E-state index in [-0.39, 0.29) is 41.7 Å². The van der Waals surface area contributed by atoms with E-state index in [9.17, 15) is 9.59 Å². The molecule has 3 fully saturated rings. The second-order valence-electron chi connectivity index (χ2n) is 7.50. The quantitative estimate of drug-likeness (QED) is 0.757. The lowest BCUT2D eigenvalue weighted by atomic mass is 9.67. The lowest BCUT2D eigenvalue weighted by Gasteiger charge is -2.39. The molecule has 1 amide bonds. The first-order valence-electron chi connectivity index (χ1n) is 9.34. The first kappa shape index (κ1) is 19.5. The number of rotatable bonds is 4. The summed E-state index contributed by atoms with van der Waals surface area (Å²) >= 11 is 0. The third-order valence-corrected chi connectivity index (χ3v) is 6.17. The fourth-order valence-corrected chi connectivity index (χ4v) is 4.75. The number of esters is 1. The van der Waals surface area contributed by atoms with Gasteiger partial charge in [0.05, 0.1) is 17.9 Å². The van der Waals surface area contributed by atoms with Crippen molar-refractivity contribution in [3.05, 3.63) is 0 Å². The van der Waals surface area contributed by atoms with Gasteiger partial charge < -0.3 is 15.4 Å². The summed E-state index contributed by atoms with van der Waals surface area (Å²) in [4.78, 5) is 24.7. The number of halogens is 1. The van der Waals surface area contributed by atoms with Gasteiger partial charge in [-0.15, -0.1) is 12.4 Å². The highest BCUT2D eigenvalue weighted by atomic mass is 35.5. The minimum Gasteiger partial charge on any atom is -0.466 e. The van der Waals surface area contributed by atoms with Crippen LogP contribution in [0.5, 0.6) is 0 Å². The van der Waals surface area contributed by atoms with Crippen LogP contribution >= 0.6 is 12.4 Å². The van der Waals surface area contributed by atoms with Gasteiger partial charge in [-0.2, -0.15) is 0 Å². The fraction of sp³-hybridized carbons (Fsp3) is 0.889. The van der Waals surface area contributed by atoms with Crippen LogP contribution in [-0.2, 0) is 14.3 Å². The smallest absolute Gasteiger partial charge is 0.308 e. The Balaban J connectivity index is 0.00000208. The molecular formula is C18H31ClN2O3. The predicted molar refractivity (Wildman–Crippen MR) is 95.0 cm³/mol. The van der Waals surface area contributed by atoms with Crippen molar-refractivity contribution in [2.45, 2.75) is 64.3 Å². The molecule has 2 saturated carbocycles. The Hall–Kier alpha value is -0.810. The zero-order valence-corrected chi connectivity index (χ0v) is 15.5.